The van der Waals surface area contributed by atoms with E-state index >= 15 is 0 Å². The minimum absolute atomic E-state index is 0.515. The van der Waals surface area contributed by atoms with Gasteiger partial charge in [-0.2, -0.15) is 0 Å². The molecule has 0 fully saturated rings. The van der Waals surface area contributed by atoms with E-state index in [0.717, 1.165) is 28.1 Å². The van der Waals surface area contributed by atoms with Crippen LogP contribution in [0.3, 0.4) is 0 Å². The standard InChI is InChI=1S/C17H18N4S/c1-13(2)12-21-16(14-8-4-3-5-9-14)19-20-17(21)22-15-10-6-7-11-18-15/h3-11,13H,12H2,1-2H3. The van der Waals surface area contributed by atoms with Crippen molar-refractivity contribution >= 4 is 11.8 Å². The third-order valence-electron chi connectivity index (χ3n) is 3.13. The Morgan fingerprint density at radius 3 is 2.45 bits per heavy atom. The second-order valence-electron chi connectivity index (χ2n) is 5.45. The van der Waals surface area contributed by atoms with Crippen molar-refractivity contribution in [2.24, 2.45) is 5.92 Å². The van der Waals surface area contributed by atoms with Gasteiger partial charge in [0, 0.05) is 18.3 Å². The summed E-state index contributed by atoms with van der Waals surface area (Å²) < 4.78 is 2.18. The molecule has 0 saturated carbocycles. The van der Waals surface area contributed by atoms with Crippen LogP contribution < -0.4 is 0 Å². The van der Waals surface area contributed by atoms with Crippen LogP contribution in [-0.2, 0) is 6.54 Å². The van der Waals surface area contributed by atoms with Crippen LogP contribution in [0.4, 0.5) is 0 Å². The van der Waals surface area contributed by atoms with Gasteiger partial charge >= 0.3 is 0 Å². The highest BCUT2D eigenvalue weighted by Crippen LogP contribution is 2.28. The highest BCUT2D eigenvalue weighted by atomic mass is 32.2. The van der Waals surface area contributed by atoms with E-state index in [9.17, 15) is 0 Å². The molecule has 0 aliphatic heterocycles. The second-order valence-corrected chi connectivity index (χ2v) is 6.43. The molecule has 0 spiro atoms. The van der Waals surface area contributed by atoms with E-state index in [1.807, 2.05) is 36.4 Å². The van der Waals surface area contributed by atoms with E-state index in [-0.39, 0.29) is 0 Å². The average Bonchev–Trinajstić information content (AvgIpc) is 2.91. The zero-order chi connectivity index (χ0) is 15.4. The molecule has 1 aromatic carbocycles. The monoisotopic (exact) mass is 310 g/mol. The van der Waals surface area contributed by atoms with Crippen LogP contribution in [0.15, 0.2) is 64.9 Å². The fraction of sp³-hybridized carbons (Fsp3) is 0.235. The van der Waals surface area contributed by atoms with Crippen LogP contribution in [0, 0.1) is 5.92 Å². The van der Waals surface area contributed by atoms with Gasteiger partial charge in [0.2, 0.25) is 0 Å². The number of rotatable bonds is 5. The van der Waals surface area contributed by atoms with Gasteiger partial charge in [-0.3, -0.25) is 0 Å². The average molecular weight is 310 g/mol. The zero-order valence-electron chi connectivity index (χ0n) is 12.7. The maximum absolute atomic E-state index is 4.40. The molecule has 2 aromatic heterocycles. The summed E-state index contributed by atoms with van der Waals surface area (Å²) in [6, 6.07) is 16.1. The van der Waals surface area contributed by atoms with Gasteiger partial charge in [-0.1, -0.05) is 50.2 Å². The van der Waals surface area contributed by atoms with Gasteiger partial charge in [0.15, 0.2) is 11.0 Å². The summed E-state index contributed by atoms with van der Waals surface area (Å²) >= 11 is 1.55. The summed E-state index contributed by atoms with van der Waals surface area (Å²) in [5.41, 5.74) is 1.09. The van der Waals surface area contributed by atoms with Crippen molar-refractivity contribution in [3.05, 3.63) is 54.7 Å². The number of pyridine rings is 1. The second kappa shape index (κ2) is 6.75. The molecule has 5 heteroatoms. The van der Waals surface area contributed by atoms with Gasteiger partial charge in [-0.05, 0) is 29.8 Å². The molecule has 0 radical (unpaired) electrons. The molecule has 2 heterocycles. The minimum atomic E-state index is 0.515. The summed E-state index contributed by atoms with van der Waals surface area (Å²) in [5, 5.41) is 10.6. The minimum Gasteiger partial charge on any atom is -0.301 e. The molecule has 3 aromatic rings. The van der Waals surface area contributed by atoms with Gasteiger partial charge in [0.1, 0.15) is 5.03 Å². The molecule has 0 amide bonds. The van der Waals surface area contributed by atoms with Crippen LogP contribution in [0.25, 0.3) is 11.4 Å². The Morgan fingerprint density at radius 2 is 1.77 bits per heavy atom. The highest BCUT2D eigenvalue weighted by Gasteiger charge is 2.16. The molecule has 112 valence electrons. The molecule has 3 rings (SSSR count). The lowest BCUT2D eigenvalue weighted by Gasteiger charge is -2.12. The van der Waals surface area contributed by atoms with E-state index in [1.165, 1.54) is 0 Å². The summed E-state index contributed by atoms with van der Waals surface area (Å²) in [7, 11) is 0. The number of hydrogen-bond acceptors (Lipinski definition) is 4. The summed E-state index contributed by atoms with van der Waals surface area (Å²) in [5.74, 6) is 1.43. The van der Waals surface area contributed by atoms with E-state index in [1.54, 1.807) is 18.0 Å². The van der Waals surface area contributed by atoms with E-state index < -0.39 is 0 Å². The Labute approximate surface area is 134 Å². The topological polar surface area (TPSA) is 43.6 Å². The smallest absolute Gasteiger partial charge is 0.197 e. The largest absolute Gasteiger partial charge is 0.301 e. The van der Waals surface area contributed by atoms with Gasteiger partial charge in [-0.25, -0.2) is 4.98 Å². The lowest BCUT2D eigenvalue weighted by atomic mass is 10.2. The van der Waals surface area contributed by atoms with Gasteiger partial charge < -0.3 is 4.57 Å². The molecule has 22 heavy (non-hydrogen) atoms. The van der Waals surface area contributed by atoms with Crippen LogP contribution in [0.1, 0.15) is 13.8 Å². The Kier molecular flexibility index (Phi) is 4.53. The van der Waals surface area contributed by atoms with E-state index in [0.29, 0.717) is 5.92 Å². The highest BCUT2D eigenvalue weighted by molar-refractivity contribution is 7.99. The van der Waals surface area contributed by atoms with Crippen molar-refractivity contribution in [1.82, 2.24) is 19.7 Å². The van der Waals surface area contributed by atoms with Crippen LogP contribution >= 0.6 is 11.8 Å². The van der Waals surface area contributed by atoms with Crippen LogP contribution in [-0.4, -0.2) is 19.7 Å². The Morgan fingerprint density at radius 1 is 1.00 bits per heavy atom. The van der Waals surface area contributed by atoms with E-state index in [4.69, 9.17) is 0 Å². The number of nitrogens with zero attached hydrogens (tertiary/aromatic N) is 4. The third-order valence-corrected chi connectivity index (χ3v) is 4.07. The molecular formula is C17H18N4S. The molecule has 4 nitrogen and oxygen atoms in total. The summed E-state index contributed by atoms with van der Waals surface area (Å²) in [4.78, 5) is 4.36. The molecule has 0 saturated heterocycles. The quantitative estimate of drug-likeness (QED) is 0.710. The lowest BCUT2D eigenvalue weighted by molar-refractivity contribution is 0.498. The first-order valence-corrected chi connectivity index (χ1v) is 8.13. The molecule has 0 unspecified atom stereocenters. The summed E-state index contributed by atoms with van der Waals surface area (Å²) in [6.45, 7) is 5.28. The first kappa shape index (κ1) is 14.8. The maximum Gasteiger partial charge on any atom is 0.197 e. The Balaban J connectivity index is 1.98. The van der Waals surface area contributed by atoms with Gasteiger partial charge in [0.25, 0.3) is 0 Å². The van der Waals surface area contributed by atoms with Crippen LogP contribution in [0.2, 0.25) is 0 Å². The van der Waals surface area contributed by atoms with E-state index in [2.05, 4.69) is 45.7 Å². The number of aromatic nitrogens is 4. The zero-order valence-corrected chi connectivity index (χ0v) is 13.5. The van der Waals surface area contributed by atoms with Gasteiger partial charge in [0.05, 0.1) is 0 Å². The predicted octanol–water partition coefficient (Wildman–Crippen LogP) is 4.15. The normalized spacial score (nSPS) is 11.0. The van der Waals surface area contributed by atoms with Crippen molar-refractivity contribution in [1.29, 1.82) is 0 Å². The summed E-state index contributed by atoms with van der Waals surface area (Å²) in [6.07, 6.45) is 1.80. The van der Waals surface area contributed by atoms with Crippen molar-refractivity contribution in [2.75, 3.05) is 0 Å². The fourth-order valence-electron chi connectivity index (χ4n) is 2.20. The predicted molar refractivity (Wildman–Crippen MR) is 88.7 cm³/mol. The molecule has 0 atom stereocenters. The van der Waals surface area contributed by atoms with Crippen molar-refractivity contribution in [3.63, 3.8) is 0 Å². The van der Waals surface area contributed by atoms with Crippen molar-refractivity contribution < 1.29 is 0 Å². The van der Waals surface area contributed by atoms with Crippen molar-refractivity contribution in [3.8, 4) is 11.4 Å². The first-order valence-electron chi connectivity index (χ1n) is 7.31. The maximum atomic E-state index is 4.40. The van der Waals surface area contributed by atoms with Gasteiger partial charge in [-0.15, -0.1) is 10.2 Å². The van der Waals surface area contributed by atoms with Crippen molar-refractivity contribution in [2.45, 2.75) is 30.6 Å². The first-order chi connectivity index (χ1) is 10.7. The molecule has 0 aliphatic carbocycles. The number of hydrogen-bond donors (Lipinski definition) is 0. The Hall–Kier alpha value is -2.14. The molecular weight excluding hydrogens is 292 g/mol. The molecule has 0 N–H and O–H groups in total. The molecule has 0 aliphatic rings. The molecule has 0 bridgehead atoms. The Bertz CT molecular complexity index is 723. The SMILES string of the molecule is CC(C)Cn1c(Sc2ccccn2)nnc1-c1ccccc1. The van der Waals surface area contributed by atoms with Crippen LogP contribution in [0.5, 0.6) is 0 Å². The lowest BCUT2D eigenvalue weighted by Crippen LogP contribution is -2.07. The third kappa shape index (κ3) is 3.36. The number of benzene rings is 1. The fourth-order valence-corrected chi connectivity index (χ4v) is 3.00.